The number of sulfonamides is 1. The smallest absolute Gasteiger partial charge is 0.264 e. The molecule has 9 nitrogen and oxygen atoms in total. The summed E-state index contributed by atoms with van der Waals surface area (Å²) >= 11 is 0. The number of benzene rings is 4. The third-order valence-corrected chi connectivity index (χ3v) is 9.46. The molecule has 4 rings (SSSR count). The van der Waals surface area contributed by atoms with Crippen LogP contribution in [0.15, 0.2) is 108 Å². The maximum absolute atomic E-state index is 14.7. The van der Waals surface area contributed by atoms with Crippen LogP contribution in [0.2, 0.25) is 0 Å². The van der Waals surface area contributed by atoms with Gasteiger partial charge in [-0.25, -0.2) is 8.42 Å². The summed E-state index contributed by atoms with van der Waals surface area (Å²) < 4.78 is 40.6. The highest BCUT2D eigenvalue weighted by atomic mass is 32.2. The molecule has 0 fully saturated rings. The fourth-order valence-electron chi connectivity index (χ4n) is 5.12. The summed E-state index contributed by atoms with van der Waals surface area (Å²) in [6.07, 6.45) is 0.955. The molecular weight excluding hydrogens is 602 g/mol. The molecule has 0 saturated heterocycles. The molecule has 0 aliphatic carbocycles. The highest BCUT2D eigenvalue weighted by molar-refractivity contribution is 7.92. The van der Waals surface area contributed by atoms with E-state index in [9.17, 15) is 18.0 Å². The van der Waals surface area contributed by atoms with Gasteiger partial charge in [-0.05, 0) is 54.3 Å². The van der Waals surface area contributed by atoms with Gasteiger partial charge in [0, 0.05) is 25.6 Å². The van der Waals surface area contributed by atoms with Crippen molar-refractivity contribution in [2.45, 2.75) is 44.2 Å². The summed E-state index contributed by atoms with van der Waals surface area (Å²) in [5, 5.41) is 2.96. The second kappa shape index (κ2) is 15.9. The number of nitrogens with one attached hydrogen (secondary N) is 1. The van der Waals surface area contributed by atoms with E-state index in [1.807, 2.05) is 68.4 Å². The van der Waals surface area contributed by atoms with E-state index in [-0.39, 0.29) is 35.2 Å². The van der Waals surface area contributed by atoms with Crippen molar-refractivity contribution in [1.29, 1.82) is 0 Å². The van der Waals surface area contributed by atoms with Crippen molar-refractivity contribution in [2.24, 2.45) is 0 Å². The van der Waals surface area contributed by atoms with Crippen molar-refractivity contribution in [3.63, 3.8) is 0 Å². The highest BCUT2D eigenvalue weighted by Crippen LogP contribution is 2.36. The molecule has 0 aromatic heterocycles. The minimum atomic E-state index is -4.29. The van der Waals surface area contributed by atoms with Gasteiger partial charge < -0.3 is 19.7 Å². The topological polar surface area (TPSA) is 105 Å². The van der Waals surface area contributed by atoms with Crippen LogP contribution < -0.4 is 19.1 Å². The molecule has 0 heterocycles. The van der Waals surface area contributed by atoms with Crippen LogP contribution in [0.4, 0.5) is 5.69 Å². The van der Waals surface area contributed by atoms with Crippen LogP contribution in [-0.2, 0) is 32.6 Å². The van der Waals surface area contributed by atoms with Gasteiger partial charge in [0.25, 0.3) is 10.0 Å². The Kier molecular flexibility index (Phi) is 11.8. The SMILES string of the molecule is CCCNC(=O)[C@@H](Cc1ccccc1)N(Cc1ccccc1C)C(=O)CN(c1cc(OC)ccc1OC)S(=O)(=O)c1ccccc1. The first-order chi connectivity index (χ1) is 22.2. The van der Waals surface area contributed by atoms with Crippen LogP contribution in [-0.4, -0.2) is 58.5 Å². The molecule has 0 aliphatic heterocycles. The Hall–Kier alpha value is -4.83. The van der Waals surface area contributed by atoms with E-state index in [0.717, 1.165) is 21.0 Å². The Morgan fingerprint density at radius 2 is 1.50 bits per heavy atom. The summed E-state index contributed by atoms with van der Waals surface area (Å²) in [6.45, 7) is 3.83. The molecule has 4 aromatic rings. The Morgan fingerprint density at radius 3 is 2.13 bits per heavy atom. The van der Waals surface area contributed by atoms with E-state index in [2.05, 4.69) is 5.32 Å². The van der Waals surface area contributed by atoms with Gasteiger partial charge in [0.05, 0.1) is 24.8 Å². The van der Waals surface area contributed by atoms with E-state index in [1.54, 1.807) is 30.3 Å². The third kappa shape index (κ3) is 8.25. The summed E-state index contributed by atoms with van der Waals surface area (Å²) in [5.41, 5.74) is 2.78. The zero-order valence-corrected chi connectivity index (χ0v) is 27.5. The summed E-state index contributed by atoms with van der Waals surface area (Å²) in [7, 11) is -1.39. The van der Waals surface area contributed by atoms with Gasteiger partial charge in [0.2, 0.25) is 11.8 Å². The van der Waals surface area contributed by atoms with Crippen LogP contribution in [0.5, 0.6) is 11.5 Å². The number of aryl methyl sites for hydroxylation is 1. The van der Waals surface area contributed by atoms with E-state index in [1.165, 1.54) is 37.3 Å². The monoisotopic (exact) mass is 643 g/mol. The molecule has 10 heteroatoms. The van der Waals surface area contributed by atoms with Gasteiger partial charge in [-0.3, -0.25) is 13.9 Å². The first-order valence-electron chi connectivity index (χ1n) is 15.1. The van der Waals surface area contributed by atoms with E-state index < -0.39 is 28.5 Å². The minimum Gasteiger partial charge on any atom is -0.497 e. The predicted molar refractivity (Wildman–Crippen MR) is 179 cm³/mol. The Morgan fingerprint density at radius 1 is 0.848 bits per heavy atom. The molecule has 0 bridgehead atoms. The number of amides is 2. The fraction of sp³-hybridized carbons (Fsp3) is 0.278. The molecule has 0 radical (unpaired) electrons. The van der Waals surface area contributed by atoms with Crippen molar-refractivity contribution in [3.8, 4) is 11.5 Å². The molecule has 4 aromatic carbocycles. The van der Waals surface area contributed by atoms with E-state index in [4.69, 9.17) is 9.47 Å². The first-order valence-corrected chi connectivity index (χ1v) is 16.6. The molecule has 242 valence electrons. The second-order valence-corrected chi connectivity index (χ2v) is 12.7. The standard InChI is InChI=1S/C36H41N3O6S/c1-5-22-37-36(41)33(23-28-15-8-6-9-16-28)38(25-29-17-13-12-14-27(29)2)35(40)26-39(46(42,43)31-18-10-7-11-19-31)32-24-30(44-3)20-21-34(32)45-4/h6-21,24,33H,5,22-23,25-26H2,1-4H3,(H,37,41)/t33-/m1/s1. The lowest BCUT2D eigenvalue weighted by Gasteiger charge is -2.34. The average molecular weight is 644 g/mol. The van der Waals surface area contributed by atoms with Gasteiger partial charge in [0.1, 0.15) is 24.1 Å². The maximum Gasteiger partial charge on any atom is 0.264 e. The molecule has 0 saturated carbocycles. The lowest BCUT2D eigenvalue weighted by Crippen LogP contribution is -2.53. The highest BCUT2D eigenvalue weighted by Gasteiger charge is 2.35. The number of rotatable bonds is 15. The summed E-state index contributed by atoms with van der Waals surface area (Å²) in [5.74, 6) is -0.251. The minimum absolute atomic E-state index is 0.000323. The molecule has 2 amide bonds. The molecule has 1 atom stereocenters. The lowest BCUT2D eigenvalue weighted by molar-refractivity contribution is -0.140. The number of carbonyl (C=O) groups is 2. The number of anilines is 1. The van der Waals surface area contributed by atoms with Crippen LogP contribution in [0.1, 0.15) is 30.0 Å². The van der Waals surface area contributed by atoms with Gasteiger partial charge >= 0.3 is 0 Å². The van der Waals surface area contributed by atoms with E-state index >= 15 is 0 Å². The molecule has 0 aliphatic rings. The normalized spacial score (nSPS) is 11.7. The Balaban J connectivity index is 1.86. The average Bonchev–Trinajstić information content (AvgIpc) is 3.08. The largest absolute Gasteiger partial charge is 0.497 e. The predicted octanol–water partition coefficient (Wildman–Crippen LogP) is 5.37. The Labute approximate surface area is 271 Å². The van der Waals surface area contributed by atoms with Gasteiger partial charge in [-0.15, -0.1) is 0 Å². The van der Waals surface area contributed by atoms with Crippen LogP contribution >= 0.6 is 0 Å². The number of nitrogens with zero attached hydrogens (tertiary/aromatic N) is 2. The van der Waals surface area contributed by atoms with Crippen LogP contribution in [0.25, 0.3) is 0 Å². The number of ether oxygens (including phenoxy) is 2. The number of hydrogen-bond acceptors (Lipinski definition) is 6. The molecule has 0 unspecified atom stereocenters. The zero-order chi connectivity index (χ0) is 33.1. The molecule has 1 N–H and O–H groups in total. The van der Waals surface area contributed by atoms with Crippen LogP contribution in [0, 0.1) is 6.92 Å². The van der Waals surface area contributed by atoms with Crippen molar-refractivity contribution in [3.05, 3.63) is 120 Å². The summed E-state index contributed by atoms with van der Waals surface area (Å²) in [4.78, 5) is 30.0. The quantitative estimate of drug-likeness (QED) is 0.187. The van der Waals surface area contributed by atoms with Gasteiger partial charge in [0.15, 0.2) is 0 Å². The van der Waals surface area contributed by atoms with E-state index in [0.29, 0.717) is 18.7 Å². The van der Waals surface area contributed by atoms with Crippen molar-refractivity contribution in [1.82, 2.24) is 10.2 Å². The van der Waals surface area contributed by atoms with Gasteiger partial charge in [-0.2, -0.15) is 0 Å². The second-order valence-electron chi connectivity index (χ2n) is 10.8. The number of hydrogen-bond donors (Lipinski definition) is 1. The van der Waals surface area contributed by atoms with Crippen molar-refractivity contribution in [2.75, 3.05) is 31.6 Å². The van der Waals surface area contributed by atoms with Crippen LogP contribution in [0.3, 0.4) is 0 Å². The lowest BCUT2D eigenvalue weighted by atomic mass is 10.0. The van der Waals surface area contributed by atoms with Crippen molar-refractivity contribution >= 4 is 27.5 Å². The maximum atomic E-state index is 14.7. The van der Waals surface area contributed by atoms with Crippen molar-refractivity contribution < 1.29 is 27.5 Å². The van der Waals surface area contributed by atoms with Gasteiger partial charge in [-0.1, -0.05) is 79.7 Å². The Bertz CT molecular complexity index is 1710. The number of methoxy groups -OCH3 is 2. The third-order valence-electron chi connectivity index (χ3n) is 7.69. The summed E-state index contributed by atoms with van der Waals surface area (Å²) in [6, 6.07) is 28.8. The molecule has 46 heavy (non-hydrogen) atoms. The fourth-order valence-corrected chi connectivity index (χ4v) is 6.55. The zero-order valence-electron chi connectivity index (χ0n) is 26.7. The molecule has 0 spiro atoms. The first kappa shape index (κ1) is 34.1. The molecular formula is C36H41N3O6S. The number of carbonyl (C=O) groups excluding carboxylic acids is 2.